The van der Waals surface area contributed by atoms with Crippen molar-refractivity contribution in [2.45, 2.75) is 33.4 Å². The van der Waals surface area contributed by atoms with Crippen molar-refractivity contribution in [2.24, 2.45) is 0 Å². The predicted molar refractivity (Wildman–Crippen MR) is 105 cm³/mol. The number of carbonyl (C=O) groups is 1. The van der Waals surface area contributed by atoms with Crippen LogP contribution in [-0.4, -0.2) is 54.0 Å². The summed E-state index contributed by atoms with van der Waals surface area (Å²) in [5.74, 6) is 1.20. The van der Waals surface area contributed by atoms with Crippen LogP contribution >= 0.6 is 0 Å². The minimum atomic E-state index is -0.165. The van der Waals surface area contributed by atoms with Gasteiger partial charge in [-0.3, -0.25) is 4.79 Å². The van der Waals surface area contributed by atoms with Crippen LogP contribution in [0.1, 0.15) is 35.7 Å². The molecule has 6 heteroatoms. The fraction of sp³-hybridized carbons (Fsp3) is 0.450. The second-order valence-electron chi connectivity index (χ2n) is 6.93. The van der Waals surface area contributed by atoms with Gasteiger partial charge in [-0.2, -0.15) is 0 Å². The molecule has 1 amide bonds. The van der Waals surface area contributed by atoms with E-state index in [9.17, 15) is 4.79 Å². The van der Waals surface area contributed by atoms with E-state index in [4.69, 9.17) is 0 Å². The molecule has 0 atom stereocenters. The van der Waals surface area contributed by atoms with Gasteiger partial charge in [-0.25, -0.2) is 9.97 Å². The fourth-order valence-electron chi connectivity index (χ4n) is 2.61. The van der Waals surface area contributed by atoms with Crippen molar-refractivity contribution >= 4 is 11.7 Å². The largest absolute Gasteiger partial charge is 0.350 e. The number of amides is 1. The van der Waals surface area contributed by atoms with E-state index in [0.717, 1.165) is 18.9 Å². The summed E-state index contributed by atoms with van der Waals surface area (Å²) in [7, 11) is 3.95. The van der Waals surface area contributed by atoms with Gasteiger partial charge in [-0.1, -0.05) is 30.3 Å². The average molecular weight is 355 g/mol. The van der Waals surface area contributed by atoms with Crippen LogP contribution < -0.4 is 10.2 Å². The molecular weight excluding hydrogens is 326 g/mol. The first-order chi connectivity index (χ1) is 12.4. The molecule has 1 aromatic carbocycles. The van der Waals surface area contributed by atoms with Crippen LogP contribution in [0, 0.1) is 6.92 Å². The lowest BCUT2D eigenvalue weighted by atomic mass is 10.2. The molecule has 0 aliphatic rings. The summed E-state index contributed by atoms with van der Waals surface area (Å²) in [6, 6.07) is 12.3. The summed E-state index contributed by atoms with van der Waals surface area (Å²) in [4.78, 5) is 25.5. The van der Waals surface area contributed by atoms with Gasteiger partial charge in [0.15, 0.2) is 0 Å². The van der Waals surface area contributed by atoms with E-state index in [1.165, 1.54) is 5.56 Å². The molecule has 1 N–H and O–H groups in total. The van der Waals surface area contributed by atoms with Gasteiger partial charge < -0.3 is 15.1 Å². The maximum atomic E-state index is 12.4. The van der Waals surface area contributed by atoms with Gasteiger partial charge in [0.05, 0.1) is 0 Å². The van der Waals surface area contributed by atoms with Crippen molar-refractivity contribution in [2.75, 3.05) is 32.1 Å². The molecule has 140 valence electrons. The zero-order valence-corrected chi connectivity index (χ0v) is 16.4. The smallest absolute Gasteiger partial charge is 0.270 e. The van der Waals surface area contributed by atoms with Crippen LogP contribution in [0.15, 0.2) is 36.4 Å². The minimum absolute atomic E-state index is 0.165. The topological polar surface area (TPSA) is 61.4 Å². The zero-order chi connectivity index (χ0) is 19.1. The lowest BCUT2D eigenvalue weighted by molar-refractivity contribution is 0.0945. The Morgan fingerprint density at radius 3 is 2.46 bits per heavy atom. The quantitative estimate of drug-likeness (QED) is 0.788. The summed E-state index contributed by atoms with van der Waals surface area (Å²) in [5, 5.41) is 2.91. The molecule has 0 saturated heterocycles. The van der Waals surface area contributed by atoms with Crippen LogP contribution in [0.4, 0.5) is 5.82 Å². The van der Waals surface area contributed by atoms with Gasteiger partial charge >= 0.3 is 0 Å². The highest BCUT2D eigenvalue weighted by Gasteiger charge is 2.17. The number of anilines is 1. The number of aromatic nitrogens is 2. The molecular formula is C20H29N5O. The first-order valence-electron chi connectivity index (χ1n) is 8.96. The van der Waals surface area contributed by atoms with E-state index in [1.54, 1.807) is 6.07 Å². The first kappa shape index (κ1) is 19.8. The molecule has 1 aromatic heterocycles. The molecule has 0 radical (unpaired) electrons. The summed E-state index contributed by atoms with van der Waals surface area (Å²) >= 11 is 0. The molecule has 0 saturated carbocycles. The number of nitrogens with one attached hydrogen (secondary N) is 1. The molecule has 0 unspecified atom stereocenters. The average Bonchev–Trinajstić information content (AvgIpc) is 2.59. The Morgan fingerprint density at radius 2 is 1.85 bits per heavy atom. The maximum Gasteiger partial charge on any atom is 0.270 e. The van der Waals surface area contributed by atoms with Gasteiger partial charge in [0.1, 0.15) is 17.3 Å². The van der Waals surface area contributed by atoms with E-state index < -0.39 is 0 Å². The number of benzene rings is 1. The fourth-order valence-corrected chi connectivity index (χ4v) is 2.61. The molecule has 0 spiro atoms. The van der Waals surface area contributed by atoms with Gasteiger partial charge in [0.25, 0.3) is 5.91 Å². The van der Waals surface area contributed by atoms with Crippen molar-refractivity contribution in [3.8, 4) is 0 Å². The maximum absolute atomic E-state index is 12.4. The Balaban J connectivity index is 2.21. The zero-order valence-electron chi connectivity index (χ0n) is 16.4. The highest BCUT2D eigenvalue weighted by molar-refractivity contribution is 5.92. The molecule has 2 aromatic rings. The third kappa shape index (κ3) is 5.81. The van der Waals surface area contributed by atoms with Crippen LogP contribution in [-0.2, 0) is 6.54 Å². The molecule has 1 heterocycles. The Bertz CT molecular complexity index is 715. The van der Waals surface area contributed by atoms with Crippen molar-refractivity contribution in [3.05, 3.63) is 53.5 Å². The van der Waals surface area contributed by atoms with Crippen molar-refractivity contribution in [3.63, 3.8) is 0 Å². The predicted octanol–water partition coefficient (Wildman–Crippen LogP) is 2.49. The monoisotopic (exact) mass is 355 g/mol. The number of nitrogens with zero attached hydrogens (tertiary/aromatic N) is 4. The Morgan fingerprint density at radius 1 is 1.15 bits per heavy atom. The number of likely N-dealkylation sites (N-methyl/N-ethyl adjacent to an activating group) is 1. The Hall–Kier alpha value is -2.47. The van der Waals surface area contributed by atoms with E-state index in [-0.39, 0.29) is 11.9 Å². The lowest BCUT2D eigenvalue weighted by Gasteiger charge is -2.28. The minimum Gasteiger partial charge on any atom is -0.350 e. The summed E-state index contributed by atoms with van der Waals surface area (Å²) < 4.78 is 0. The highest BCUT2D eigenvalue weighted by atomic mass is 16.1. The SMILES string of the molecule is Cc1nc(C(=O)NCCN(C)C)cc(N(Cc2ccccc2)C(C)C)n1. The van der Waals surface area contributed by atoms with E-state index >= 15 is 0 Å². The highest BCUT2D eigenvalue weighted by Crippen LogP contribution is 2.19. The third-order valence-electron chi connectivity index (χ3n) is 4.01. The molecule has 0 fully saturated rings. The van der Waals surface area contributed by atoms with E-state index in [0.29, 0.717) is 18.1 Å². The van der Waals surface area contributed by atoms with Crippen molar-refractivity contribution < 1.29 is 4.79 Å². The van der Waals surface area contributed by atoms with E-state index in [2.05, 4.69) is 46.2 Å². The van der Waals surface area contributed by atoms with Crippen molar-refractivity contribution in [1.82, 2.24) is 20.2 Å². The van der Waals surface area contributed by atoms with Gasteiger partial charge in [0.2, 0.25) is 0 Å². The molecule has 26 heavy (non-hydrogen) atoms. The number of aryl methyl sites for hydroxylation is 1. The van der Waals surface area contributed by atoms with Gasteiger partial charge in [-0.15, -0.1) is 0 Å². The summed E-state index contributed by atoms with van der Waals surface area (Å²) in [5.41, 5.74) is 1.61. The molecule has 0 bridgehead atoms. The lowest BCUT2D eigenvalue weighted by Crippen LogP contribution is -2.34. The number of carbonyl (C=O) groups excluding carboxylic acids is 1. The van der Waals surface area contributed by atoms with Crippen molar-refractivity contribution in [1.29, 1.82) is 0 Å². The molecule has 2 rings (SSSR count). The normalized spacial score (nSPS) is 11.0. The molecule has 0 aliphatic carbocycles. The molecule has 0 aliphatic heterocycles. The van der Waals surface area contributed by atoms with Gasteiger partial charge in [-0.05, 0) is 40.4 Å². The standard InChI is InChI=1S/C20H29N5O/c1-15(2)25(14-17-9-7-6-8-10-17)19-13-18(22-16(3)23-19)20(26)21-11-12-24(4)5/h6-10,13,15H,11-12,14H2,1-5H3,(H,21,26). The van der Waals surface area contributed by atoms with E-state index in [1.807, 2.05) is 44.1 Å². The van der Waals surface area contributed by atoms with Crippen LogP contribution in [0.3, 0.4) is 0 Å². The van der Waals surface area contributed by atoms with Crippen LogP contribution in [0.2, 0.25) is 0 Å². The second-order valence-corrected chi connectivity index (χ2v) is 6.93. The first-order valence-corrected chi connectivity index (χ1v) is 8.96. The second kappa shape index (κ2) is 9.29. The number of hydrogen-bond acceptors (Lipinski definition) is 5. The number of hydrogen-bond donors (Lipinski definition) is 1. The molecule has 6 nitrogen and oxygen atoms in total. The summed E-state index contributed by atoms with van der Waals surface area (Å²) in [6.45, 7) is 8.17. The van der Waals surface area contributed by atoms with Crippen LogP contribution in [0.25, 0.3) is 0 Å². The Kier molecular flexibility index (Phi) is 7.09. The van der Waals surface area contributed by atoms with Crippen LogP contribution in [0.5, 0.6) is 0 Å². The third-order valence-corrected chi connectivity index (χ3v) is 4.01. The van der Waals surface area contributed by atoms with Gasteiger partial charge in [0, 0.05) is 31.7 Å². The number of rotatable bonds is 8. The summed E-state index contributed by atoms with van der Waals surface area (Å²) in [6.07, 6.45) is 0. The Labute approximate surface area is 156 Å².